The third-order valence-electron chi connectivity index (χ3n) is 1.64. The summed E-state index contributed by atoms with van der Waals surface area (Å²) in [5.41, 5.74) is 1.07. The summed E-state index contributed by atoms with van der Waals surface area (Å²) < 4.78 is 0. The Bertz CT molecular complexity index is 273. The second kappa shape index (κ2) is 4.06. The van der Waals surface area contributed by atoms with E-state index in [1.54, 1.807) is 11.8 Å². The van der Waals surface area contributed by atoms with E-state index < -0.39 is 0 Å². The lowest BCUT2D eigenvalue weighted by atomic mass is 10.3. The Hall–Kier alpha value is -0.340. The summed E-state index contributed by atoms with van der Waals surface area (Å²) in [4.78, 5) is 3.25. The monoisotopic (exact) mass is 201 g/mol. The first-order valence-corrected chi connectivity index (χ1v) is 5.26. The van der Waals surface area contributed by atoms with Gasteiger partial charge < -0.3 is 4.90 Å². The van der Waals surface area contributed by atoms with E-state index in [4.69, 9.17) is 11.6 Å². The van der Waals surface area contributed by atoms with Crippen LogP contribution in [0.3, 0.4) is 0 Å². The molecule has 12 heavy (non-hydrogen) atoms. The van der Waals surface area contributed by atoms with Gasteiger partial charge in [-0.25, -0.2) is 0 Å². The Balaban J connectivity index is 3.08. The van der Waals surface area contributed by atoms with Crippen LogP contribution in [0.4, 0.5) is 5.69 Å². The molecule has 0 unspecified atom stereocenters. The molecule has 1 nitrogen and oxygen atoms in total. The number of hydrogen-bond donors (Lipinski definition) is 0. The summed E-state index contributed by atoms with van der Waals surface area (Å²) in [5, 5.41) is 0.804. The van der Waals surface area contributed by atoms with Gasteiger partial charge in [0.15, 0.2) is 0 Å². The highest BCUT2D eigenvalue weighted by Crippen LogP contribution is 2.28. The van der Waals surface area contributed by atoms with Gasteiger partial charge in [0.2, 0.25) is 0 Å². The molecule has 0 atom stereocenters. The molecule has 66 valence electrons. The minimum absolute atomic E-state index is 0.804. The molecule has 0 fully saturated rings. The molecule has 0 bridgehead atoms. The van der Waals surface area contributed by atoms with E-state index in [9.17, 15) is 0 Å². The quantitative estimate of drug-likeness (QED) is 0.677. The summed E-state index contributed by atoms with van der Waals surface area (Å²) in [6.45, 7) is 0. The summed E-state index contributed by atoms with van der Waals surface area (Å²) in [7, 11) is 3.98. The molecule has 0 aliphatic carbocycles. The predicted octanol–water partition coefficient (Wildman–Crippen LogP) is 3.13. The standard InChI is InChI=1S/C9H12ClNS/c1-11(2)9-6-7(12-3)4-5-8(9)10/h4-6H,1-3H3. The van der Waals surface area contributed by atoms with Crippen LogP contribution in [0.1, 0.15) is 0 Å². The number of hydrogen-bond acceptors (Lipinski definition) is 2. The second-order valence-corrected chi connectivity index (χ2v) is 4.00. The van der Waals surface area contributed by atoms with E-state index in [2.05, 4.69) is 12.3 Å². The fourth-order valence-electron chi connectivity index (χ4n) is 0.962. The van der Waals surface area contributed by atoms with Crippen molar-refractivity contribution in [2.24, 2.45) is 0 Å². The molecule has 0 aliphatic rings. The molecule has 0 spiro atoms. The molecule has 0 aromatic heterocycles. The fraction of sp³-hybridized carbons (Fsp3) is 0.333. The smallest absolute Gasteiger partial charge is 0.0640 e. The summed E-state index contributed by atoms with van der Waals surface area (Å²) in [6, 6.07) is 6.05. The zero-order valence-electron chi connectivity index (χ0n) is 7.47. The summed E-state index contributed by atoms with van der Waals surface area (Å²) in [6.07, 6.45) is 2.06. The van der Waals surface area contributed by atoms with Crippen LogP contribution in [0.5, 0.6) is 0 Å². The van der Waals surface area contributed by atoms with Crippen molar-refractivity contribution in [3.8, 4) is 0 Å². The van der Waals surface area contributed by atoms with Gasteiger partial charge in [0.1, 0.15) is 0 Å². The topological polar surface area (TPSA) is 3.24 Å². The first kappa shape index (κ1) is 9.75. The summed E-state index contributed by atoms with van der Waals surface area (Å²) >= 11 is 7.72. The van der Waals surface area contributed by atoms with Crippen molar-refractivity contribution in [3.63, 3.8) is 0 Å². The molecule has 0 N–H and O–H groups in total. The largest absolute Gasteiger partial charge is 0.376 e. The van der Waals surface area contributed by atoms with Gasteiger partial charge in [0.05, 0.1) is 10.7 Å². The van der Waals surface area contributed by atoms with Crippen LogP contribution in [0.25, 0.3) is 0 Å². The Labute approximate surface area is 82.7 Å². The number of anilines is 1. The lowest BCUT2D eigenvalue weighted by Gasteiger charge is -2.14. The van der Waals surface area contributed by atoms with Crippen LogP contribution in [0, 0.1) is 0 Å². The van der Waals surface area contributed by atoms with Gasteiger partial charge >= 0.3 is 0 Å². The Morgan fingerprint density at radius 2 is 2.00 bits per heavy atom. The van der Waals surface area contributed by atoms with Gasteiger partial charge in [-0.05, 0) is 24.5 Å². The molecule has 0 radical (unpaired) electrons. The van der Waals surface area contributed by atoms with Gasteiger partial charge in [0.25, 0.3) is 0 Å². The highest BCUT2D eigenvalue weighted by Gasteiger charge is 2.02. The van der Waals surface area contributed by atoms with E-state index in [0.29, 0.717) is 0 Å². The number of thioether (sulfide) groups is 1. The lowest BCUT2D eigenvalue weighted by Crippen LogP contribution is -2.08. The van der Waals surface area contributed by atoms with Gasteiger partial charge in [-0.1, -0.05) is 11.6 Å². The Morgan fingerprint density at radius 3 is 2.50 bits per heavy atom. The highest BCUT2D eigenvalue weighted by molar-refractivity contribution is 7.98. The number of rotatable bonds is 2. The zero-order valence-corrected chi connectivity index (χ0v) is 9.04. The minimum Gasteiger partial charge on any atom is -0.376 e. The zero-order chi connectivity index (χ0) is 9.14. The molecule has 1 aromatic rings. The summed E-state index contributed by atoms with van der Waals surface area (Å²) in [5.74, 6) is 0. The number of halogens is 1. The molecule has 3 heteroatoms. The first-order valence-electron chi connectivity index (χ1n) is 3.66. The van der Waals surface area contributed by atoms with Gasteiger partial charge in [-0.15, -0.1) is 11.8 Å². The van der Waals surface area contributed by atoms with Gasteiger partial charge in [-0.2, -0.15) is 0 Å². The normalized spacial score (nSPS) is 10.0. The number of benzene rings is 1. The van der Waals surface area contributed by atoms with E-state index in [1.807, 2.05) is 31.1 Å². The fourth-order valence-corrected chi connectivity index (χ4v) is 1.68. The average Bonchev–Trinajstić information content (AvgIpc) is 2.05. The maximum Gasteiger partial charge on any atom is 0.0640 e. The SMILES string of the molecule is CSc1ccc(Cl)c(N(C)C)c1. The van der Waals surface area contributed by atoms with Crippen LogP contribution in [-0.2, 0) is 0 Å². The number of nitrogens with zero attached hydrogens (tertiary/aromatic N) is 1. The molecular formula is C9H12ClNS. The van der Waals surface area contributed by atoms with Crippen LogP contribution in [-0.4, -0.2) is 20.4 Å². The second-order valence-electron chi connectivity index (χ2n) is 2.71. The van der Waals surface area contributed by atoms with Crippen molar-refractivity contribution in [2.75, 3.05) is 25.3 Å². The third kappa shape index (κ3) is 2.08. The Morgan fingerprint density at radius 1 is 1.33 bits per heavy atom. The van der Waals surface area contributed by atoms with E-state index in [-0.39, 0.29) is 0 Å². The molecular weight excluding hydrogens is 190 g/mol. The Kier molecular flexibility index (Phi) is 3.29. The maximum atomic E-state index is 6.00. The molecule has 0 heterocycles. The molecule has 1 rings (SSSR count). The van der Waals surface area contributed by atoms with Crippen molar-refractivity contribution in [1.82, 2.24) is 0 Å². The van der Waals surface area contributed by atoms with E-state index >= 15 is 0 Å². The van der Waals surface area contributed by atoms with Crippen LogP contribution < -0.4 is 4.90 Å². The van der Waals surface area contributed by atoms with Gasteiger partial charge in [0, 0.05) is 19.0 Å². The molecule has 0 saturated heterocycles. The molecule has 0 saturated carbocycles. The first-order chi connectivity index (χ1) is 5.65. The average molecular weight is 202 g/mol. The molecule has 0 aliphatic heterocycles. The van der Waals surface area contributed by atoms with Crippen LogP contribution >= 0.6 is 23.4 Å². The van der Waals surface area contributed by atoms with Crippen LogP contribution in [0.2, 0.25) is 5.02 Å². The lowest BCUT2D eigenvalue weighted by molar-refractivity contribution is 1.12. The van der Waals surface area contributed by atoms with Crippen LogP contribution in [0.15, 0.2) is 23.1 Å². The third-order valence-corrected chi connectivity index (χ3v) is 2.68. The molecule has 1 aromatic carbocycles. The van der Waals surface area contributed by atoms with Crippen molar-refractivity contribution >= 4 is 29.1 Å². The maximum absolute atomic E-state index is 6.00. The minimum atomic E-state index is 0.804. The van der Waals surface area contributed by atoms with E-state index in [1.165, 1.54) is 4.90 Å². The van der Waals surface area contributed by atoms with Crippen molar-refractivity contribution in [3.05, 3.63) is 23.2 Å². The van der Waals surface area contributed by atoms with Crippen molar-refractivity contribution in [2.45, 2.75) is 4.90 Å². The molecule has 0 amide bonds. The van der Waals surface area contributed by atoms with Gasteiger partial charge in [-0.3, -0.25) is 0 Å². The van der Waals surface area contributed by atoms with Crippen molar-refractivity contribution in [1.29, 1.82) is 0 Å². The predicted molar refractivity (Wildman–Crippen MR) is 57.6 cm³/mol. The highest BCUT2D eigenvalue weighted by atomic mass is 35.5. The van der Waals surface area contributed by atoms with Crippen molar-refractivity contribution < 1.29 is 0 Å². The van der Waals surface area contributed by atoms with E-state index in [0.717, 1.165) is 10.7 Å².